The predicted molar refractivity (Wildman–Crippen MR) is 103 cm³/mol. The van der Waals surface area contributed by atoms with Crippen molar-refractivity contribution in [2.75, 3.05) is 0 Å². The average molecular weight is 369 g/mol. The molecular formula is C21H21ClN2O2. The number of pyridine rings is 1. The molecule has 1 atom stereocenters. The van der Waals surface area contributed by atoms with E-state index in [4.69, 9.17) is 11.6 Å². The monoisotopic (exact) mass is 368 g/mol. The number of aromatic nitrogens is 1. The van der Waals surface area contributed by atoms with Gasteiger partial charge in [-0.2, -0.15) is 0 Å². The molecule has 0 spiro atoms. The van der Waals surface area contributed by atoms with E-state index in [1.165, 1.54) is 0 Å². The topological polar surface area (TPSA) is 62.0 Å². The molecule has 1 aromatic carbocycles. The minimum atomic E-state index is -0.0378. The Hall–Kier alpha value is -2.33. The summed E-state index contributed by atoms with van der Waals surface area (Å²) in [5.41, 5.74) is 4.41. The Kier molecular flexibility index (Phi) is 4.45. The number of aromatic amines is 1. The SMILES string of the molecule is Cc1ccc(/C(=C\C2CCC(=O)N2)c2ccc(C3CC3)c(=O)[nH]2)cc1Cl. The van der Waals surface area contributed by atoms with Gasteiger partial charge in [0, 0.05) is 34.3 Å². The van der Waals surface area contributed by atoms with Crippen LogP contribution < -0.4 is 10.9 Å². The highest BCUT2D eigenvalue weighted by atomic mass is 35.5. The van der Waals surface area contributed by atoms with Crippen molar-refractivity contribution in [1.29, 1.82) is 0 Å². The van der Waals surface area contributed by atoms with Crippen molar-refractivity contribution in [1.82, 2.24) is 10.3 Å². The van der Waals surface area contributed by atoms with Gasteiger partial charge in [0.15, 0.2) is 0 Å². The van der Waals surface area contributed by atoms with Crippen LogP contribution in [0.1, 0.15) is 54.0 Å². The molecule has 2 aromatic rings. The normalized spacial score (nSPS) is 20.3. The van der Waals surface area contributed by atoms with Crippen LogP contribution in [0.25, 0.3) is 5.57 Å². The molecule has 2 aliphatic rings. The maximum atomic E-state index is 12.5. The van der Waals surface area contributed by atoms with Crippen LogP contribution in [0.15, 0.2) is 41.2 Å². The van der Waals surface area contributed by atoms with E-state index >= 15 is 0 Å². The highest BCUT2D eigenvalue weighted by Gasteiger charge is 2.26. The van der Waals surface area contributed by atoms with Crippen molar-refractivity contribution in [2.24, 2.45) is 0 Å². The summed E-state index contributed by atoms with van der Waals surface area (Å²) < 4.78 is 0. The number of halogens is 1. The van der Waals surface area contributed by atoms with Gasteiger partial charge < -0.3 is 10.3 Å². The van der Waals surface area contributed by atoms with E-state index in [0.29, 0.717) is 17.4 Å². The fourth-order valence-corrected chi connectivity index (χ4v) is 3.60. The second kappa shape index (κ2) is 6.76. The molecule has 2 N–H and O–H groups in total. The molecule has 0 bridgehead atoms. The summed E-state index contributed by atoms with van der Waals surface area (Å²) >= 11 is 6.32. The summed E-state index contributed by atoms with van der Waals surface area (Å²) in [4.78, 5) is 27.1. The van der Waals surface area contributed by atoms with Crippen LogP contribution in [-0.2, 0) is 4.79 Å². The van der Waals surface area contributed by atoms with E-state index in [2.05, 4.69) is 10.3 Å². The van der Waals surface area contributed by atoms with Crippen LogP contribution in [0.4, 0.5) is 0 Å². The molecule has 1 aliphatic carbocycles. The van der Waals surface area contributed by atoms with E-state index in [0.717, 1.165) is 47.2 Å². The molecule has 1 unspecified atom stereocenters. The molecule has 1 amide bonds. The molecule has 1 aliphatic heterocycles. The van der Waals surface area contributed by atoms with E-state index in [9.17, 15) is 9.59 Å². The smallest absolute Gasteiger partial charge is 0.251 e. The van der Waals surface area contributed by atoms with Crippen LogP contribution in [0.3, 0.4) is 0 Å². The van der Waals surface area contributed by atoms with E-state index in [1.54, 1.807) is 0 Å². The summed E-state index contributed by atoms with van der Waals surface area (Å²) in [6.45, 7) is 1.96. The average Bonchev–Trinajstić information content (AvgIpc) is 3.37. The van der Waals surface area contributed by atoms with Crippen molar-refractivity contribution in [2.45, 2.75) is 44.6 Å². The number of carbonyl (C=O) groups excluding carboxylic acids is 1. The third kappa shape index (κ3) is 3.47. The Morgan fingerprint density at radius 2 is 1.96 bits per heavy atom. The molecule has 0 radical (unpaired) electrons. The molecule has 134 valence electrons. The van der Waals surface area contributed by atoms with Crippen LogP contribution in [-0.4, -0.2) is 16.9 Å². The Labute approximate surface area is 157 Å². The van der Waals surface area contributed by atoms with Gasteiger partial charge in [0.05, 0.1) is 0 Å². The zero-order chi connectivity index (χ0) is 18.3. The standard InChI is InChI=1S/C21H21ClN2O2/c1-12-2-3-14(10-18(12)22)17(11-15-6-9-20(25)23-15)19-8-7-16(13-4-5-13)21(26)24-19/h2-3,7-8,10-11,13,15H,4-6,9H2,1H3,(H,23,25)(H,24,26)/b17-11+. The highest BCUT2D eigenvalue weighted by molar-refractivity contribution is 6.31. The summed E-state index contributed by atoms with van der Waals surface area (Å²) in [5.74, 6) is 0.466. The third-order valence-corrected chi connectivity index (χ3v) is 5.53. The molecule has 4 nitrogen and oxygen atoms in total. The molecule has 26 heavy (non-hydrogen) atoms. The van der Waals surface area contributed by atoms with Gasteiger partial charge in [-0.1, -0.05) is 35.9 Å². The minimum absolute atomic E-state index is 0.0235. The molecule has 1 saturated heterocycles. The van der Waals surface area contributed by atoms with E-state index in [-0.39, 0.29) is 17.5 Å². The maximum absolute atomic E-state index is 12.5. The lowest BCUT2D eigenvalue weighted by molar-refractivity contribution is -0.119. The van der Waals surface area contributed by atoms with Gasteiger partial charge in [0.25, 0.3) is 5.56 Å². The Bertz CT molecular complexity index is 957. The number of aryl methyl sites for hydroxylation is 1. The summed E-state index contributed by atoms with van der Waals surface area (Å²) in [6.07, 6.45) is 5.49. The van der Waals surface area contributed by atoms with Crippen molar-refractivity contribution in [3.63, 3.8) is 0 Å². The lowest BCUT2D eigenvalue weighted by atomic mass is 9.97. The van der Waals surface area contributed by atoms with Crippen molar-refractivity contribution >= 4 is 23.1 Å². The quantitative estimate of drug-likeness (QED) is 0.859. The predicted octanol–water partition coefficient (Wildman–Crippen LogP) is 3.92. The molecule has 1 saturated carbocycles. The fourth-order valence-electron chi connectivity index (χ4n) is 3.42. The molecule has 1 aromatic heterocycles. The molecule has 2 heterocycles. The molecular weight excluding hydrogens is 348 g/mol. The van der Waals surface area contributed by atoms with Crippen molar-refractivity contribution in [3.8, 4) is 0 Å². The van der Waals surface area contributed by atoms with Crippen molar-refractivity contribution in [3.05, 3.63) is 74.2 Å². The lowest BCUT2D eigenvalue weighted by Crippen LogP contribution is -2.23. The number of hydrogen-bond acceptors (Lipinski definition) is 2. The number of rotatable bonds is 4. The Morgan fingerprint density at radius 1 is 1.15 bits per heavy atom. The second-order valence-corrected chi connectivity index (χ2v) is 7.59. The first-order valence-electron chi connectivity index (χ1n) is 9.02. The first-order valence-corrected chi connectivity index (χ1v) is 9.40. The number of hydrogen-bond donors (Lipinski definition) is 2. The minimum Gasteiger partial charge on any atom is -0.350 e. The van der Waals surface area contributed by atoms with Gasteiger partial charge in [0.1, 0.15) is 0 Å². The highest BCUT2D eigenvalue weighted by Crippen LogP contribution is 2.38. The third-order valence-electron chi connectivity index (χ3n) is 5.13. The number of amides is 1. The van der Waals surface area contributed by atoms with Gasteiger partial charge in [-0.3, -0.25) is 9.59 Å². The molecule has 4 rings (SSSR count). The van der Waals surface area contributed by atoms with Crippen LogP contribution >= 0.6 is 11.6 Å². The lowest BCUT2D eigenvalue weighted by Gasteiger charge is -2.13. The molecule has 2 fully saturated rings. The van der Waals surface area contributed by atoms with Crippen LogP contribution in [0.5, 0.6) is 0 Å². The van der Waals surface area contributed by atoms with Crippen molar-refractivity contribution < 1.29 is 4.79 Å². The van der Waals surface area contributed by atoms with Gasteiger partial charge in [0.2, 0.25) is 5.91 Å². The van der Waals surface area contributed by atoms with Crippen LogP contribution in [0.2, 0.25) is 5.02 Å². The zero-order valence-corrected chi connectivity index (χ0v) is 15.4. The number of nitrogens with one attached hydrogen (secondary N) is 2. The molecule has 5 heteroatoms. The Balaban J connectivity index is 1.78. The van der Waals surface area contributed by atoms with Crippen LogP contribution in [0, 0.1) is 6.92 Å². The number of carbonyl (C=O) groups is 1. The van der Waals surface area contributed by atoms with Gasteiger partial charge >= 0.3 is 0 Å². The summed E-state index contributed by atoms with van der Waals surface area (Å²) in [6, 6.07) is 9.73. The first kappa shape index (κ1) is 17.1. The maximum Gasteiger partial charge on any atom is 0.251 e. The van der Waals surface area contributed by atoms with E-state index < -0.39 is 0 Å². The Morgan fingerprint density at radius 3 is 2.58 bits per heavy atom. The first-order chi connectivity index (χ1) is 12.5. The van der Waals surface area contributed by atoms with Gasteiger partial charge in [-0.15, -0.1) is 0 Å². The second-order valence-electron chi connectivity index (χ2n) is 7.19. The van der Waals surface area contributed by atoms with E-state index in [1.807, 2.05) is 43.3 Å². The summed E-state index contributed by atoms with van der Waals surface area (Å²) in [7, 11) is 0. The number of benzene rings is 1. The zero-order valence-electron chi connectivity index (χ0n) is 14.6. The van der Waals surface area contributed by atoms with Gasteiger partial charge in [-0.25, -0.2) is 0 Å². The summed E-state index contributed by atoms with van der Waals surface area (Å²) in [5, 5.41) is 3.65. The number of H-pyrrole nitrogens is 1. The fraction of sp³-hybridized carbons (Fsp3) is 0.333. The van der Waals surface area contributed by atoms with Gasteiger partial charge in [-0.05, 0) is 55.4 Å². The largest absolute Gasteiger partial charge is 0.350 e.